The van der Waals surface area contributed by atoms with Crippen LogP contribution in [0.2, 0.25) is 0 Å². The van der Waals surface area contributed by atoms with Crippen LogP contribution in [0.3, 0.4) is 0 Å². The van der Waals surface area contributed by atoms with E-state index in [2.05, 4.69) is 5.32 Å². The molecule has 1 aromatic carbocycles. The number of piperazine rings is 1. The Bertz CT molecular complexity index is 745. The van der Waals surface area contributed by atoms with Gasteiger partial charge in [0.25, 0.3) is 0 Å². The van der Waals surface area contributed by atoms with Gasteiger partial charge in [-0.25, -0.2) is 4.39 Å². The first-order valence-electron chi connectivity index (χ1n) is 11.1. The number of hydrogen-bond donors (Lipinski definition) is 1. The van der Waals surface area contributed by atoms with Crippen LogP contribution in [0.15, 0.2) is 24.3 Å². The van der Waals surface area contributed by atoms with Gasteiger partial charge in [-0.3, -0.25) is 14.4 Å². The third kappa shape index (κ3) is 5.58. The molecule has 1 N–H and O–H groups in total. The molecular formula is C23H32FN3O3. The molecule has 7 heteroatoms. The van der Waals surface area contributed by atoms with Crippen LogP contribution in [0.4, 0.5) is 4.39 Å². The van der Waals surface area contributed by atoms with Gasteiger partial charge in [-0.15, -0.1) is 0 Å². The van der Waals surface area contributed by atoms with E-state index >= 15 is 0 Å². The number of carbonyl (C=O) groups excluding carboxylic acids is 3. The maximum absolute atomic E-state index is 13.1. The predicted molar refractivity (Wildman–Crippen MR) is 112 cm³/mol. The Labute approximate surface area is 177 Å². The van der Waals surface area contributed by atoms with Crippen LogP contribution in [-0.2, 0) is 20.9 Å². The van der Waals surface area contributed by atoms with Gasteiger partial charge in [-0.05, 0) is 37.0 Å². The van der Waals surface area contributed by atoms with Crippen LogP contribution in [0.5, 0.6) is 0 Å². The molecule has 2 aliphatic rings. The van der Waals surface area contributed by atoms with Crippen LogP contribution in [0.1, 0.15) is 63.9 Å². The first-order valence-corrected chi connectivity index (χ1v) is 11.1. The van der Waals surface area contributed by atoms with Crippen molar-refractivity contribution >= 4 is 17.7 Å². The van der Waals surface area contributed by atoms with Gasteiger partial charge in [-0.1, -0.05) is 51.2 Å². The van der Waals surface area contributed by atoms with E-state index in [9.17, 15) is 18.8 Å². The monoisotopic (exact) mass is 417 g/mol. The fourth-order valence-electron chi connectivity index (χ4n) is 4.39. The number of benzene rings is 1. The van der Waals surface area contributed by atoms with Crippen molar-refractivity contribution < 1.29 is 18.8 Å². The number of rotatable bonds is 6. The average Bonchev–Trinajstić information content (AvgIpc) is 2.71. The summed E-state index contributed by atoms with van der Waals surface area (Å²) in [6.45, 7) is 2.80. The van der Waals surface area contributed by atoms with Gasteiger partial charge >= 0.3 is 11.8 Å². The molecule has 1 aromatic rings. The number of hydrogen-bond acceptors (Lipinski definition) is 3. The Morgan fingerprint density at radius 2 is 1.67 bits per heavy atom. The van der Waals surface area contributed by atoms with Crippen molar-refractivity contribution in [2.24, 2.45) is 0 Å². The van der Waals surface area contributed by atoms with Crippen molar-refractivity contribution in [3.05, 3.63) is 35.6 Å². The number of carbonyl (C=O) groups is 3. The largest absolute Gasteiger partial charge is 0.352 e. The zero-order valence-electron chi connectivity index (χ0n) is 17.7. The van der Waals surface area contributed by atoms with E-state index in [4.69, 9.17) is 0 Å². The van der Waals surface area contributed by atoms with Crippen LogP contribution < -0.4 is 5.32 Å². The molecule has 1 heterocycles. The third-order valence-corrected chi connectivity index (χ3v) is 6.15. The fraction of sp³-hybridized carbons (Fsp3) is 0.609. The SMILES string of the molecule is CC[C@@H](C(=O)NC1CCCCCCC1)N1CCN(Cc2ccc(F)cc2)C(=O)C1=O. The fourth-order valence-corrected chi connectivity index (χ4v) is 4.39. The summed E-state index contributed by atoms with van der Waals surface area (Å²) in [5.74, 6) is -1.74. The summed E-state index contributed by atoms with van der Waals surface area (Å²) < 4.78 is 13.1. The van der Waals surface area contributed by atoms with Gasteiger partial charge in [-0.2, -0.15) is 0 Å². The van der Waals surface area contributed by atoms with Crippen molar-refractivity contribution in [1.82, 2.24) is 15.1 Å². The predicted octanol–water partition coefficient (Wildman–Crippen LogP) is 3.00. The lowest BCUT2D eigenvalue weighted by Gasteiger charge is -2.38. The molecule has 0 spiro atoms. The summed E-state index contributed by atoms with van der Waals surface area (Å²) in [5, 5.41) is 3.13. The summed E-state index contributed by atoms with van der Waals surface area (Å²) in [6.07, 6.45) is 8.30. The summed E-state index contributed by atoms with van der Waals surface area (Å²) in [7, 11) is 0. The summed E-state index contributed by atoms with van der Waals surface area (Å²) in [5.41, 5.74) is 0.764. The first kappa shape index (κ1) is 22.2. The smallest absolute Gasteiger partial charge is 0.312 e. The zero-order chi connectivity index (χ0) is 21.5. The maximum Gasteiger partial charge on any atom is 0.312 e. The van der Waals surface area contributed by atoms with E-state index in [0.29, 0.717) is 19.5 Å². The second-order valence-corrected chi connectivity index (χ2v) is 8.33. The highest BCUT2D eigenvalue weighted by atomic mass is 19.1. The topological polar surface area (TPSA) is 69.7 Å². The standard InChI is InChI=1S/C23H32FN3O3/c1-2-20(21(28)25-19-8-6-4-3-5-7-9-19)27-15-14-26(22(29)23(27)30)16-17-10-12-18(24)13-11-17/h10-13,19-20H,2-9,14-16H2,1H3,(H,25,28)/t20-/m0/s1. The Morgan fingerprint density at radius 3 is 2.30 bits per heavy atom. The molecule has 1 aliphatic carbocycles. The van der Waals surface area contributed by atoms with Crippen molar-refractivity contribution in [3.63, 3.8) is 0 Å². The van der Waals surface area contributed by atoms with Crippen LogP contribution in [0, 0.1) is 5.82 Å². The molecule has 2 fully saturated rings. The number of amides is 3. The van der Waals surface area contributed by atoms with Gasteiger partial charge in [0.2, 0.25) is 5.91 Å². The lowest BCUT2D eigenvalue weighted by atomic mass is 9.96. The summed E-state index contributed by atoms with van der Waals surface area (Å²) in [6, 6.07) is 5.42. The molecule has 0 bridgehead atoms. The lowest BCUT2D eigenvalue weighted by Crippen LogP contribution is -2.60. The minimum Gasteiger partial charge on any atom is -0.352 e. The molecule has 0 aromatic heterocycles. The maximum atomic E-state index is 13.1. The van der Waals surface area contributed by atoms with Crippen LogP contribution in [-0.4, -0.2) is 52.7 Å². The Hall–Kier alpha value is -2.44. The van der Waals surface area contributed by atoms with E-state index in [1.807, 2.05) is 6.92 Å². The molecule has 1 saturated carbocycles. The lowest BCUT2D eigenvalue weighted by molar-refractivity contribution is -0.160. The average molecular weight is 418 g/mol. The van der Waals surface area contributed by atoms with Crippen molar-refractivity contribution in [2.75, 3.05) is 13.1 Å². The number of nitrogens with one attached hydrogen (secondary N) is 1. The minimum absolute atomic E-state index is 0.150. The van der Waals surface area contributed by atoms with E-state index in [-0.39, 0.29) is 24.3 Å². The molecular weight excluding hydrogens is 385 g/mol. The zero-order valence-corrected chi connectivity index (χ0v) is 17.7. The Balaban J connectivity index is 1.60. The van der Waals surface area contributed by atoms with Gasteiger partial charge in [0, 0.05) is 25.7 Å². The van der Waals surface area contributed by atoms with Gasteiger partial charge in [0.05, 0.1) is 0 Å². The second-order valence-electron chi connectivity index (χ2n) is 8.33. The first-order chi connectivity index (χ1) is 14.5. The van der Waals surface area contributed by atoms with E-state index in [0.717, 1.165) is 31.2 Å². The third-order valence-electron chi connectivity index (χ3n) is 6.15. The molecule has 6 nitrogen and oxygen atoms in total. The number of halogens is 1. The summed E-state index contributed by atoms with van der Waals surface area (Å²) in [4.78, 5) is 41.2. The molecule has 3 amide bonds. The van der Waals surface area contributed by atoms with Crippen molar-refractivity contribution in [1.29, 1.82) is 0 Å². The molecule has 0 unspecified atom stereocenters. The van der Waals surface area contributed by atoms with Gasteiger partial charge < -0.3 is 15.1 Å². The Morgan fingerprint density at radius 1 is 1.03 bits per heavy atom. The van der Waals surface area contributed by atoms with Crippen LogP contribution >= 0.6 is 0 Å². The highest BCUT2D eigenvalue weighted by Crippen LogP contribution is 2.19. The molecule has 1 atom stereocenters. The molecule has 30 heavy (non-hydrogen) atoms. The normalized spacial score (nSPS) is 19.9. The second kappa shape index (κ2) is 10.5. The Kier molecular flexibility index (Phi) is 7.82. The van der Waals surface area contributed by atoms with E-state index in [1.54, 1.807) is 12.1 Å². The molecule has 0 radical (unpaired) electrons. The van der Waals surface area contributed by atoms with Crippen molar-refractivity contribution in [3.8, 4) is 0 Å². The van der Waals surface area contributed by atoms with Crippen LogP contribution in [0.25, 0.3) is 0 Å². The van der Waals surface area contributed by atoms with Crippen molar-refractivity contribution in [2.45, 2.75) is 76.9 Å². The van der Waals surface area contributed by atoms with Gasteiger partial charge in [0.15, 0.2) is 0 Å². The quantitative estimate of drug-likeness (QED) is 0.724. The highest BCUT2D eigenvalue weighted by molar-refractivity contribution is 6.35. The van der Waals surface area contributed by atoms with Gasteiger partial charge in [0.1, 0.15) is 11.9 Å². The minimum atomic E-state index is -0.636. The van der Waals surface area contributed by atoms with E-state index < -0.39 is 17.9 Å². The summed E-state index contributed by atoms with van der Waals surface area (Å²) >= 11 is 0. The molecule has 3 rings (SSSR count). The van der Waals surface area contributed by atoms with E-state index in [1.165, 1.54) is 41.2 Å². The molecule has 164 valence electrons. The molecule has 1 aliphatic heterocycles. The number of nitrogens with zero attached hydrogens (tertiary/aromatic N) is 2. The highest BCUT2D eigenvalue weighted by Gasteiger charge is 2.38. The molecule has 1 saturated heterocycles.